The largest absolute Gasteiger partial charge is 0.370 e. The highest BCUT2D eigenvalue weighted by Gasteiger charge is 2.29. The van der Waals surface area contributed by atoms with E-state index in [-0.39, 0.29) is 18.2 Å². The molecule has 2 aliphatic rings. The summed E-state index contributed by atoms with van der Waals surface area (Å²) in [5.74, 6) is 0.121. The van der Waals surface area contributed by atoms with Gasteiger partial charge in [-0.2, -0.15) is 0 Å². The first-order valence-corrected chi connectivity index (χ1v) is 9.23. The minimum absolute atomic E-state index is 0.121. The first kappa shape index (κ1) is 19.1. The number of benzene rings is 1. The zero-order chi connectivity index (χ0) is 19.4. The molecular weight excluding hydrogens is 362 g/mol. The molecule has 8 nitrogen and oxygen atoms in total. The van der Waals surface area contributed by atoms with Crippen molar-refractivity contribution in [1.82, 2.24) is 16.0 Å². The zero-order valence-corrected chi connectivity index (χ0v) is 16.0. The Hall–Kier alpha value is -2.65. The average molecular weight is 388 g/mol. The molecule has 2 atom stereocenters. The third kappa shape index (κ3) is 4.95. The number of nitrogens with zero attached hydrogens (tertiary/aromatic N) is 2. The molecule has 0 radical (unpaired) electrons. The maximum absolute atomic E-state index is 12.3. The molecule has 0 saturated heterocycles. The Morgan fingerprint density at radius 3 is 2.78 bits per heavy atom. The van der Waals surface area contributed by atoms with Gasteiger partial charge in [0.05, 0.1) is 10.7 Å². The number of carbonyl (C=O) groups excluding carboxylic acids is 1. The van der Waals surface area contributed by atoms with E-state index in [1.165, 1.54) is 0 Å². The van der Waals surface area contributed by atoms with Crippen molar-refractivity contribution in [3.05, 3.63) is 52.7 Å². The predicted molar refractivity (Wildman–Crippen MR) is 111 cm³/mol. The molecule has 2 amide bonds. The second kappa shape index (κ2) is 8.36. The first-order valence-electron chi connectivity index (χ1n) is 8.79. The van der Waals surface area contributed by atoms with E-state index >= 15 is 0 Å². The Morgan fingerprint density at radius 2 is 2.07 bits per heavy atom. The molecule has 0 bridgehead atoms. The minimum atomic E-state index is -0.204. The third-order valence-electron chi connectivity index (χ3n) is 4.42. The lowest BCUT2D eigenvalue weighted by molar-refractivity contribution is 0.244. The SMILES string of the molecule is CC(CCN=C(N)N)NCc1ccc(N2C=C3C=C(S)NC3NC2=O)cc1. The quantitative estimate of drug-likeness (QED) is 0.236. The number of anilines is 1. The summed E-state index contributed by atoms with van der Waals surface area (Å²) >= 11 is 4.29. The van der Waals surface area contributed by atoms with Crippen LogP contribution >= 0.6 is 12.6 Å². The van der Waals surface area contributed by atoms with E-state index in [1.807, 2.05) is 36.5 Å². The molecule has 0 fully saturated rings. The summed E-state index contributed by atoms with van der Waals surface area (Å²) < 4.78 is 0. The van der Waals surface area contributed by atoms with Gasteiger partial charge in [-0.15, -0.1) is 12.6 Å². The van der Waals surface area contributed by atoms with Gasteiger partial charge >= 0.3 is 6.03 Å². The van der Waals surface area contributed by atoms with Crippen molar-refractivity contribution in [2.75, 3.05) is 11.4 Å². The van der Waals surface area contributed by atoms with Crippen LogP contribution in [0.1, 0.15) is 18.9 Å². The van der Waals surface area contributed by atoms with Crippen LogP contribution in [0.4, 0.5) is 10.5 Å². The molecule has 2 heterocycles. The fourth-order valence-electron chi connectivity index (χ4n) is 2.89. The number of hydrogen-bond donors (Lipinski definition) is 6. The zero-order valence-electron chi connectivity index (χ0n) is 15.1. The number of nitrogens with two attached hydrogens (primary N) is 2. The van der Waals surface area contributed by atoms with Gasteiger partial charge in [0.2, 0.25) is 0 Å². The van der Waals surface area contributed by atoms with Crippen LogP contribution in [0.15, 0.2) is 52.1 Å². The maximum Gasteiger partial charge on any atom is 0.327 e. The summed E-state index contributed by atoms with van der Waals surface area (Å²) in [5, 5.41) is 10.2. The van der Waals surface area contributed by atoms with Crippen molar-refractivity contribution >= 4 is 30.3 Å². The Bertz CT molecular complexity index is 783. The van der Waals surface area contributed by atoms with Crippen LogP contribution in [-0.2, 0) is 6.54 Å². The van der Waals surface area contributed by atoms with Crippen molar-refractivity contribution in [3.8, 4) is 0 Å². The number of guanidine groups is 1. The van der Waals surface area contributed by atoms with Gasteiger partial charge in [-0.3, -0.25) is 9.89 Å². The van der Waals surface area contributed by atoms with Crippen molar-refractivity contribution in [2.45, 2.75) is 32.1 Å². The van der Waals surface area contributed by atoms with Crippen LogP contribution in [0.5, 0.6) is 0 Å². The Labute approximate surface area is 164 Å². The first-order chi connectivity index (χ1) is 12.9. The monoisotopic (exact) mass is 387 g/mol. The third-order valence-corrected chi connectivity index (χ3v) is 4.68. The number of fused-ring (bicyclic) bond motifs is 1. The summed E-state index contributed by atoms with van der Waals surface area (Å²) in [5.41, 5.74) is 13.6. The number of aliphatic imine (C=N–C) groups is 1. The molecule has 27 heavy (non-hydrogen) atoms. The molecule has 1 aromatic carbocycles. The smallest absolute Gasteiger partial charge is 0.327 e. The molecule has 3 rings (SSSR count). The lowest BCUT2D eigenvalue weighted by atomic mass is 10.1. The van der Waals surface area contributed by atoms with E-state index in [0.29, 0.717) is 12.6 Å². The molecule has 0 spiro atoms. The van der Waals surface area contributed by atoms with E-state index in [0.717, 1.165) is 34.8 Å². The molecule has 0 saturated carbocycles. The van der Waals surface area contributed by atoms with E-state index in [2.05, 4.69) is 40.5 Å². The standard InChI is InChI=1S/C18H25N7OS/c1-11(6-7-21-17(19)20)22-9-12-2-4-14(5-3-12)25-10-13-8-15(27)23-16(13)24-18(25)26/h2-5,8,10-11,16,22-23,27H,6-7,9H2,1H3,(H,24,26)(H4,19,20,21). The summed E-state index contributed by atoms with van der Waals surface area (Å²) in [4.78, 5) is 17.9. The number of nitrogens with one attached hydrogen (secondary N) is 3. The molecule has 7 N–H and O–H groups in total. The number of rotatable bonds is 7. The number of thiol groups is 1. The predicted octanol–water partition coefficient (Wildman–Crippen LogP) is 0.942. The van der Waals surface area contributed by atoms with Crippen LogP contribution in [0, 0.1) is 0 Å². The van der Waals surface area contributed by atoms with Crippen LogP contribution in [0.25, 0.3) is 0 Å². The Kier molecular flexibility index (Phi) is 5.92. The van der Waals surface area contributed by atoms with Gasteiger partial charge in [-0.05, 0) is 37.1 Å². The van der Waals surface area contributed by atoms with Crippen LogP contribution in [0.3, 0.4) is 0 Å². The van der Waals surface area contributed by atoms with Crippen LogP contribution < -0.4 is 32.3 Å². The lowest BCUT2D eigenvalue weighted by Crippen LogP contribution is -2.51. The van der Waals surface area contributed by atoms with E-state index < -0.39 is 0 Å². The molecular formula is C18H25N7OS. The second-order valence-corrected chi connectivity index (χ2v) is 7.08. The van der Waals surface area contributed by atoms with E-state index in [4.69, 9.17) is 11.5 Å². The molecule has 2 aliphatic heterocycles. The van der Waals surface area contributed by atoms with Crippen LogP contribution in [-0.4, -0.2) is 30.7 Å². The molecule has 0 aliphatic carbocycles. The highest BCUT2D eigenvalue weighted by molar-refractivity contribution is 7.84. The fraction of sp³-hybridized carbons (Fsp3) is 0.333. The number of carbonyl (C=O) groups is 1. The normalized spacial score (nSPS) is 19.4. The number of amides is 2. The van der Waals surface area contributed by atoms with Gasteiger partial charge in [0.15, 0.2) is 5.96 Å². The molecule has 1 aromatic rings. The van der Waals surface area contributed by atoms with Gasteiger partial charge in [-0.1, -0.05) is 12.1 Å². The average Bonchev–Trinajstić information content (AvgIpc) is 2.98. The minimum Gasteiger partial charge on any atom is -0.370 e. The Morgan fingerprint density at radius 1 is 1.33 bits per heavy atom. The number of hydrogen-bond acceptors (Lipinski definition) is 5. The lowest BCUT2D eigenvalue weighted by Gasteiger charge is -2.29. The van der Waals surface area contributed by atoms with Gasteiger partial charge < -0.3 is 27.4 Å². The summed E-state index contributed by atoms with van der Waals surface area (Å²) in [6, 6.07) is 8.01. The molecule has 2 unspecified atom stereocenters. The molecule has 144 valence electrons. The molecule has 9 heteroatoms. The Balaban J connectivity index is 1.57. The maximum atomic E-state index is 12.3. The van der Waals surface area contributed by atoms with Gasteiger partial charge in [0.1, 0.15) is 6.17 Å². The van der Waals surface area contributed by atoms with Crippen molar-refractivity contribution < 1.29 is 4.79 Å². The highest BCUT2D eigenvalue weighted by atomic mass is 32.1. The van der Waals surface area contributed by atoms with Crippen molar-refractivity contribution in [3.63, 3.8) is 0 Å². The summed E-state index contributed by atoms with van der Waals surface area (Å²) in [6.45, 7) is 3.43. The van der Waals surface area contributed by atoms with Crippen molar-refractivity contribution in [2.24, 2.45) is 16.5 Å². The fourth-order valence-corrected chi connectivity index (χ4v) is 3.17. The van der Waals surface area contributed by atoms with Crippen LogP contribution in [0.2, 0.25) is 0 Å². The van der Waals surface area contributed by atoms with E-state index in [1.54, 1.807) is 4.90 Å². The van der Waals surface area contributed by atoms with Gasteiger partial charge in [-0.25, -0.2) is 4.79 Å². The highest BCUT2D eigenvalue weighted by Crippen LogP contribution is 2.25. The van der Waals surface area contributed by atoms with Crippen molar-refractivity contribution in [1.29, 1.82) is 0 Å². The van der Waals surface area contributed by atoms with Gasteiger partial charge in [0, 0.05) is 30.9 Å². The topological polar surface area (TPSA) is 121 Å². The second-order valence-electron chi connectivity index (χ2n) is 6.60. The van der Waals surface area contributed by atoms with E-state index in [9.17, 15) is 4.79 Å². The number of urea groups is 1. The molecule has 0 aromatic heterocycles. The summed E-state index contributed by atoms with van der Waals surface area (Å²) in [6.07, 6.45) is 4.39. The summed E-state index contributed by atoms with van der Waals surface area (Å²) in [7, 11) is 0. The van der Waals surface area contributed by atoms with Gasteiger partial charge in [0.25, 0.3) is 0 Å².